The normalized spacial score (nSPS) is 10.3. The van der Waals surface area contributed by atoms with Gasteiger partial charge >= 0.3 is 0 Å². The molecule has 0 fully saturated rings. The van der Waals surface area contributed by atoms with Gasteiger partial charge in [0.1, 0.15) is 31.4 Å². The molecule has 0 aliphatic rings. The maximum atomic E-state index is 13.3. The number of ether oxygens (including phenoxy) is 1. The first-order valence-corrected chi connectivity index (χ1v) is 9.08. The zero-order valence-electron chi connectivity index (χ0n) is 16.5. The fourth-order valence-electron chi connectivity index (χ4n) is 2.64. The first-order chi connectivity index (χ1) is 14.5. The Morgan fingerprint density at radius 3 is 2.20 bits per heavy atom. The summed E-state index contributed by atoms with van der Waals surface area (Å²) in [7, 11) is 3.16. The molecule has 0 aliphatic heterocycles. The van der Waals surface area contributed by atoms with Gasteiger partial charge in [-0.3, -0.25) is 9.59 Å². The van der Waals surface area contributed by atoms with E-state index in [1.807, 2.05) is 0 Å². The summed E-state index contributed by atoms with van der Waals surface area (Å²) in [5.74, 6) is -0.774. The average molecular weight is 407 g/mol. The minimum absolute atomic E-state index is 0.0552. The van der Waals surface area contributed by atoms with Crippen LogP contribution in [0.4, 0.5) is 4.39 Å². The third-order valence-electron chi connectivity index (χ3n) is 4.27. The lowest BCUT2D eigenvalue weighted by molar-refractivity contribution is 0.0944. The highest BCUT2D eigenvalue weighted by atomic mass is 19.1. The third kappa shape index (κ3) is 5.37. The molecule has 3 aromatic rings. The smallest absolute Gasteiger partial charge is 0.270 e. The molecule has 2 heterocycles. The molecule has 0 saturated carbocycles. The van der Waals surface area contributed by atoms with Gasteiger partial charge in [-0.1, -0.05) is 17.6 Å². The van der Waals surface area contributed by atoms with Crippen LogP contribution < -0.4 is 20.8 Å². The van der Waals surface area contributed by atoms with Crippen molar-refractivity contribution >= 4 is 25.1 Å². The number of hydrogen-bond donors (Lipinski definition) is 2. The monoisotopic (exact) mass is 407 g/mol. The number of nitrogens with one attached hydrogen (secondary N) is 2. The molecular weight excluding hydrogens is 388 g/mol. The van der Waals surface area contributed by atoms with Gasteiger partial charge in [-0.15, -0.1) is 0 Å². The van der Waals surface area contributed by atoms with Crippen molar-refractivity contribution in [2.24, 2.45) is 0 Å². The molecule has 0 atom stereocenters. The molecule has 0 unspecified atom stereocenters. The summed E-state index contributed by atoms with van der Waals surface area (Å²) in [6, 6.07) is 9.36. The molecule has 0 aliphatic carbocycles. The SMILES string of the molecule is Bc1cc(CNC(=O)c2cc(C(=O)NCc3ccnc(OC)c3)ncn2)ccc1F. The van der Waals surface area contributed by atoms with Crippen molar-refractivity contribution in [1.82, 2.24) is 25.6 Å². The number of carbonyl (C=O) groups is 2. The van der Waals surface area contributed by atoms with Crippen molar-refractivity contribution in [2.75, 3.05) is 7.11 Å². The first-order valence-electron chi connectivity index (χ1n) is 9.08. The lowest BCUT2D eigenvalue weighted by Crippen LogP contribution is -2.27. The standard InChI is InChI=1S/C20H19BFN5O3/c1-30-18-7-13(4-5-23-18)10-25-20(29)17-8-16(26-11-27-17)19(28)24-9-12-2-3-15(22)14(21)6-12/h2-8,11H,9-10,21H2,1H3,(H,24,28)(H,25,29). The second-order valence-corrected chi connectivity index (χ2v) is 6.44. The van der Waals surface area contributed by atoms with Gasteiger partial charge in [0.2, 0.25) is 5.88 Å². The van der Waals surface area contributed by atoms with Crippen LogP contribution in [-0.4, -0.2) is 41.7 Å². The number of amides is 2. The van der Waals surface area contributed by atoms with Crippen molar-refractivity contribution in [1.29, 1.82) is 0 Å². The van der Waals surface area contributed by atoms with E-state index in [9.17, 15) is 14.0 Å². The zero-order valence-corrected chi connectivity index (χ0v) is 16.5. The predicted molar refractivity (Wildman–Crippen MR) is 110 cm³/mol. The first kappa shape index (κ1) is 20.9. The van der Waals surface area contributed by atoms with Crippen molar-refractivity contribution in [3.8, 4) is 5.88 Å². The lowest BCUT2D eigenvalue weighted by Gasteiger charge is -2.08. The molecule has 152 valence electrons. The second-order valence-electron chi connectivity index (χ2n) is 6.44. The van der Waals surface area contributed by atoms with E-state index >= 15 is 0 Å². The molecule has 1 aromatic carbocycles. The van der Waals surface area contributed by atoms with Gasteiger partial charge in [0.15, 0.2) is 0 Å². The minimum atomic E-state index is -0.465. The number of hydrogen-bond acceptors (Lipinski definition) is 6. The van der Waals surface area contributed by atoms with E-state index in [1.165, 1.54) is 19.2 Å². The van der Waals surface area contributed by atoms with Crippen LogP contribution in [0.2, 0.25) is 0 Å². The molecule has 0 saturated heterocycles. The Kier molecular flexibility index (Phi) is 6.69. The number of aromatic nitrogens is 3. The van der Waals surface area contributed by atoms with Crippen LogP contribution in [-0.2, 0) is 13.1 Å². The topological polar surface area (TPSA) is 106 Å². The number of carbonyl (C=O) groups excluding carboxylic acids is 2. The Labute approximate surface area is 173 Å². The largest absolute Gasteiger partial charge is 0.481 e. The summed E-state index contributed by atoms with van der Waals surface area (Å²) in [6.07, 6.45) is 2.73. The molecule has 2 N–H and O–H groups in total. The van der Waals surface area contributed by atoms with Crippen LogP contribution >= 0.6 is 0 Å². The zero-order chi connectivity index (χ0) is 21.5. The molecular formula is C20H19BFN5O3. The van der Waals surface area contributed by atoms with E-state index in [0.717, 1.165) is 17.5 Å². The summed E-state index contributed by atoms with van der Waals surface area (Å²) >= 11 is 0. The van der Waals surface area contributed by atoms with Gasteiger partial charge in [0, 0.05) is 31.4 Å². The maximum Gasteiger partial charge on any atom is 0.270 e. The average Bonchev–Trinajstić information content (AvgIpc) is 2.78. The molecule has 30 heavy (non-hydrogen) atoms. The lowest BCUT2D eigenvalue weighted by atomic mass is 9.93. The van der Waals surface area contributed by atoms with E-state index in [-0.39, 0.29) is 30.3 Å². The fraction of sp³-hybridized carbons (Fsp3) is 0.150. The molecule has 10 heteroatoms. The van der Waals surface area contributed by atoms with Crippen molar-refractivity contribution < 1.29 is 18.7 Å². The Balaban J connectivity index is 1.60. The second kappa shape index (κ2) is 9.59. The van der Waals surface area contributed by atoms with Crippen LogP contribution in [0.5, 0.6) is 5.88 Å². The highest BCUT2D eigenvalue weighted by molar-refractivity contribution is 6.32. The highest BCUT2D eigenvalue weighted by Crippen LogP contribution is 2.08. The molecule has 0 bridgehead atoms. The summed E-state index contributed by atoms with van der Waals surface area (Å²) in [4.78, 5) is 36.6. The summed E-state index contributed by atoms with van der Waals surface area (Å²) in [6.45, 7) is 0.447. The number of nitrogens with zero attached hydrogens (tertiary/aromatic N) is 3. The van der Waals surface area contributed by atoms with Gasteiger partial charge in [-0.2, -0.15) is 0 Å². The Hall–Kier alpha value is -3.82. The van der Waals surface area contributed by atoms with E-state index in [0.29, 0.717) is 11.3 Å². The maximum absolute atomic E-state index is 13.3. The minimum Gasteiger partial charge on any atom is -0.481 e. The molecule has 0 spiro atoms. The van der Waals surface area contributed by atoms with Crippen LogP contribution in [0.25, 0.3) is 0 Å². The third-order valence-corrected chi connectivity index (χ3v) is 4.27. The van der Waals surface area contributed by atoms with E-state index in [1.54, 1.807) is 38.3 Å². The van der Waals surface area contributed by atoms with Gasteiger partial charge in [-0.05, 0) is 23.3 Å². The van der Waals surface area contributed by atoms with Crippen LogP contribution in [0.1, 0.15) is 32.1 Å². The Morgan fingerprint density at radius 2 is 1.60 bits per heavy atom. The van der Waals surface area contributed by atoms with Gasteiger partial charge < -0.3 is 15.4 Å². The quantitative estimate of drug-likeness (QED) is 0.540. The molecule has 8 nitrogen and oxygen atoms in total. The molecule has 0 radical (unpaired) electrons. The summed E-state index contributed by atoms with van der Waals surface area (Å²) < 4.78 is 18.4. The van der Waals surface area contributed by atoms with E-state index in [2.05, 4.69) is 25.6 Å². The Bertz CT molecular complexity index is 1080. The summed E-state index contributed by atoms with van der Waals surface area (Å²) in [5.41, 5.74) is 2.17. The number of rotatable bonds is 7. The van der Waals surface area contributed by atoms with E-state index < -0.39 is 11.8 Å². The molecule has 2 amide bonds. The van der Waals surface area contributed by atoms with Crippen molar-refractivity contribution in [3.63, 3.8) is 0 Å². The van der Waals surface area contributed by atoms with Crippen molar-refractivity contribution in [2.45, 2.75) is 13.1 Å². The number of pyridine rings is 1. The fourth-order valence-corrected chi connectivity index (χ4v) is 2.64. The number of benzene rings is 1. The van der Waals surface area contributed by atoms with Crippen LogP contribution in [0.15, 0.2) is 48.9 Å². The van der Waals surface area contributed by atoms with Crippen LogP contribution in [0, 0.1) is 5.82 Å². The van der Waals surface area contributed by atoms with Gasteiger partial charge in [-0.25, -0.2) is 19.3 Å². The van der Waals surface area contributed by atoms with E-state index in [4.69, 9.17) is 4.74 Å². The number of halogens is 1. The summed E-state index contributed by atoms with van der Waals surface area (Å²) in [5, 5.41) is 5.42. The van der Waals surface area contributed by atoms with Crippen LogP contribution in [0.3, 0.4) is 0 Å². The predicted octanol–water partition coefficient (Wildman–Crippen LogP) is 0.138. The molecule has 3 rings (SSSR count). The number of methoxy groups -OCH3 is 1. The van der Waals surface area contributed by atoms with Crippen molar-refractivity contribution in [3.05, 3.63) is 77.3 Å². The Morgan fingerprint density at radius 1 is 0.967 bits per heavy atom. The molecule has 2 aromatic heterocycles. The highest BCUT2D eigenvalue weighted by Gasteiger charge is 2.13. The van der Waals surface area contributed by atoms with Gasteiger partial charge in [0.05, 0.1) is 7.11 Å². The van der Waals surface area contributed by atoms with Gasteiger partial charge in [0.25, 0.3) is 11.8 Å².